The van der Waals surface area contributed by atoms with Crippen molar-refractivity contribution in [3.05, 3.63) is 35.4 Å². The predicted octanol–water partition coefficient (Wildman–Crippen LogP) is 1.46. The van der Waals surface area contributed by atoms with Gasteiger partial charge >= 0.3 is 0 Å². The summed E-state index contributed by atoms with van der Waals surface area (Å²) in [5.74, 6) is 0.355. The number of carbonyl (C=O) groups is 2. The number of hydrogen-bond acceptors (Lipinski definition) is 3. The molecule has 0 aromatic heterocycles. The van der Waals surface area contributed by atoms with Crippen LogP contribution in [-0.4, -0.2) is 42.4 Å². The van der Waals surface area contributed by atoms with Crippen LogP contribution in [-0.2, 0) is 16.1 Å². The lowest BCUT2D eigenvalue weighted by Crippen LogP contribution is -2.51. The maximum Gasteiger partial charge on any atom is 0.225 e. The first kappa shape index (κ1) is 17.0. The lowest BCUT2D eigenvalue weighted by atomic mass is 9.94. The van der Waals surface area contributed by atoms with Crippen molar-refractivity contribution < 1.29 is 9.59 Å². The van der Waals surface area contributed by atoms with Gasteiger partial charge in [-0.05, 0) is 31.4 Å². The molecule has 2 aliphatic rings. The first-order valence-electron chi connectivity index (χ1n) is 8.87. The molecular weight excluding hydrogens is 302 g/mol. The second-order valence-corrected chi connectivity index (χ2v) is 7.25. The Hall–Kier alpha value is -1.88. The van der Waals surface area contributed by atoms with Gasteiger partial charge in [0, 0.05) is 32.1 Å². The third kappa shape index (κ3) is 3.96. The maximum atomic E-state index is 12.5. The fourth-order valence-electron chi connectivity index (χ4n) is 3.50. The average molecular weight is 329 g/mol. The van der Waals surface area contributed by atoms with Gasteiger partial charge in [0.05, 0.1) is 5.92 Å². The summed E-state index contributed by atoms with van der Waals surface area (Å²) in [5, 5.41) is 6.47. The van der Waals surface area contributed by atoms with Gasteiger partial charge in [-0.15, -0.1) is 0 Å². The minimum absolute atomic E-state index is 0.0234. The summed E-state index contributed by atoms with van der Waals surface area (Å²) in [4.78, 5) is 26.6. The molecule has 3 rings (SSSR count). The van der Waals surface area contributed by atoms with Crippen molar-refractivity contribution in [1.29, 1.82) is 0 Å². The van der Waals surface area contributed by atoms with Crippen LogP contribution in [0.1, 0.15) is 30.9 Å². The molecule has 5 nitrogen and oxygen atoms in total. The minimum atomic E-state index is -0.225. The number of hydrogen-bond donors (Lipinski definition) is 2. The predicted molar refractivity (Wildman–Crippen MR) is 93.3 cm³/mol. The summed E-state index contributed by atoms with van der Waals surface area (Å²) in [6.07, 6.45) is 1.40. The van der Waals surface area contributed by atoms with E-state index in [1.54, 1.807) is 4.90 Å². The molecule has 3 unspecified atom stereocenters. The summed E-state index contributed by atoms with van der Waals surface area (Å²) in [6, 6.07) is 8.37. The van der Waals surface area contributed by atoms with Crippen LogP contribution in [0.2, 0.25) is 0 Å². The fraction of sp³-hybridized carbons (Fsp3) is 0.579. The molecule has 3 atom stereocenters. The van der Waals surface area contributed by atoms with Crippen molar-refractivity contribution in [1.82, 2.24) is 15.5 Å². The Labute approximate surface area is 143 Å². The van der Waals surface area contributed by atoms with Crippen LogP contribution in [0, 0.1) is 18.8 Å². The number of aryl methyl sites for hydroxylation is 1. The highest BCUT2D eigenvalue weighted by atomic mass is 16.2. The first-order valence-corrected chi connectivity index (χ1v) is 8.87. The number of likely N-dealkylation sites (tertiary alicyclic amines) is 1. The molecule has 0 spiro atoms. The highest BCUT2D eigenvalue weighted by molar-refractivity contribution is 5.89. The smallest absolute Gasteiger partial charge is 0.225 e. The number of piperidine rings is 1. The lowest BCUT2D eigenvalue weighted by molar-refractivity contribution is -0.129. The zero-order valence-electron chi connectivity index (χ0n) is 14.5. The standard InChI is InChI=1S/C19H27N3O2/c1-13-3-5-15(6-4-13)11-22-12-16(9-18(22)23)19(24)21-17-10-20-8-7-14(17)2/h3-6,14,16-17,20H,7-12H2,1-2H3,(H,21,24). The van der Waals surface area contributed by atoms with Gasteiger partial charge in [0.1, 0.15) is 0 Å². The molecule has 1 aromatic rings. The largest absolute Gasteiger partial charge is 0.352 e. The molecule has 0 saturated carbocycles. The molecule has 0 bridgehead atoms. The summed E-state index contributed by atoms with van der Waals surface area (Å²) in [7, 11) is 0. The van der Waals surface area contributed by atoms with E-state index in [1.807, 2.05) is 19.1 Å². The number of benzene rings is 1. The summed E-state index contributed by atoms with van der Waals surface area (Å²) < 4.78 is 0. The van der Waals surface area contributed by atoms with Crippen LogP contribution in [0.5, 0.6) is 0 Å². The second-order valence-electron chi connectivity index (χ2n) is 7.25. The Bertz CT molecular complexity index is 599. The molecule has 5 heteroatoms. The molecule has 130 valence electrons. The van der Waals surface area contributed by atoms with E-state index in [2.05, 4.69) is 29.7 Å². The van der Waals surface area contributed by atoms with Gasteiger partial charge in [0.2, 0.25) is 11.8 Å². The molecule has 2 N–H and O–H groups in total. The number of amides is 2. The van der Waals surface area contributed by atoms with E-state index in [4.69, 9.17) is 0 Å². The maximum absolute atomic E-state index is 12.5. The van der Waals surface area contributed by atoms with Crippen molar-refractivity contribution in [2.45, 2.75) is 39.3 Å². The fourth-order valence-corrected chi connectivity index (χ4v) is 3.50. The highest BCUT2D eigenvalue weighted by Crippen LogP contribution is 2.21. The van der Waals surface area contributed by atoms with Crippen molar-refractivity contribution in [3.8, 4) is 0 Å². The van der Waals surface area contributed by atoms with E-state index < -0.39 is 0 Å². The Morgan fingerprint density at radius 1 is 1.33 bits per heavy atom. The summed E-state index contributed by atoms with van der Waals surface area (Å²) >= 11 is 0. The van der Waals surface area contributed by atoms with Crippen LogP contribution in [0.3, 0.4) is 0 Å². The molecule has 24 heavy (non-hydrogen) atoms. The second kappa shape index (κ2) is 7.34. The van der Waals surface area contributed by atoms with Crippen molar-refractivity contribution in [2.24, 2.45) is 11.8 Å². The Balaban J connectivity index is 1.55. The van der Waals surface area contributed by atoms with Gasteiger partial charge < -0.3 is 15.5 Å². The van der Waals surface area contributed by atoms with E-state index in [0.29, 0.717) is 25.4 Å². The van der Waals surface area contributed by atoms with Gasteiger partial charge in [-0.2, -0.15) is 0 Å². The van der Waals surface area contributed by atoms with E-state index in [0.717, 1.165) is 25.1 Å². The molecule has 2 heterocycles. The zero-order chi connectivity index (χ0) is 17.1. The number of carbonyl (C=O) groups excluding carboxylic acids is 2. The van der Waals surface area contributed by atoms with E-state index in [9.17, 15) is 9.59 Å². The number of rotatable bonds is 4. The van der Waals surface area contributed by atoms with Crippen LogP contribution >= 0.6 is 0 Å². The molecule has 2 fully saturated rings. The average Bonchev–Trinajstić information content (AvgIpc) is 2.93. The first-order chi connectivity index (χ1) is 11.5. The van der Waals surface area contributed by atoms with E-state index in [1.165, 1.54) is 5.56 Å². The number of nitrogens with one attached hydrogen (secondary N) is 2. The van der Waals surface area contributed by atoms with Crippen LogP contribution in [0.4, 0.5) is 0 Å². The van der Waals surface area contributed by atoms with Crippen LogP contribution < -0.4 is 10.6 Å². The van der Waals surface area contributed by atoms with E-state index >= 15 is 0 Å². The summed E-state index contributed by atoms with van der Waals surface area (Å²) in [5.41, 5.74) is 2.32. The monoisotopic (exact) mass is 329 g/mol. The quantitative estimate of drug-likeness (QED) is 0.879. The molecule has 2 saturated heterocycles. The zero-order valence-corrected chi connectivity index (χ0v) is 14.5. The van der Waals surface area contributed by atoms with Gasteiger partial charge in [-0.25, -0.2) is 0 Å². The summed E-state index contributed by atoms with van der Waals surface area (Å²) in [6.45, 7) is 7.17. The van der Waals surface area contributed by atoms with Crippen molar-refractivity contribution in [3.63, 3.8) is 0 Å². The molecule has 2 aliphatic heterocycles. The molecule has 0 aliphatic carbocycles. The normalized spacial score (nSPS) is 27.3. The van der Waals surface area contributed by atoms with Crippen LogP contribution in [0.15, 0.2) is 24.3 Å². The third-order valence-corrected chi connectivity index (χ3v) is 5.23. The molecule has 1 aromatic carbocycles. The minimum Gasteiger partial charge on any atom is -0.352 e. The molecular formula is C19H27N3O2. The van der Waals surface area contributed by atoms with Crippen molar-refractivity contribution in [2.75, 3.05) is 19.6 Å². The van der Waals surface area contributed by atoms with Crippen LogP contribution in [0.25, 0.3) is 0 Å². The van der Waals surface area contributed by atoms with Gasteiger partial charge in [-0.1, -0.05) is 36.8 Å². The lowest BCUT2D eigenvalue weighted by Gasteiger charge is -2.31. The molecule has 0 radical (unpaired) electrons. The van der Waals surface area contributed by atoms with Gasteiger partial charge in [0.25, 0.3) is 0 Å². The third-order valence-electron chi connectivity index (χ3n) is 5.23. The SMILES string of the molecule is Cc1ccc(CN2CC(C(=O)NC3CNCCC3C)CC2=O)cc1. The Morgan fingerprint density at radius 2 is 2.08 bits per heavy atom. The van der Waals surface area contributed by atoms with E-state index in [-0.39, 0.29) is 23.8 Å². The Kier molecular flexibility index (Phi) is 5.19. The van der Waals surface area contributed by atoms with Gasteiger partial charge in [-0.3, -0.25) is 9.59 Å². The van der Waals surface area contributed by atoms with Gasteiger partial charge in [0.15, 0.2) is 0 Å². The topological polar surface area (TPSA) is 61.4 Å². The van der Waals surface area contributed by atoms with Crippen molar-refractivity contribution >= 4 is 11.8 Å². The molecule has 2 amide bonds. The highest BCUT2D eigenvalue weighted by Gasteiger charge is 2.35. The Morgan fingerprint density at radius 3 is 2.79 bits per heavy atom. The number of nitrogens with zero attached hydrogens (tertiary/aromatic N) is 1.